The van der Waals surface area contributed by atoms with Gasteiger partial charge in [0, 0.05) is 38.3 Å². The van der Waals surface area contributed by atoms with Crippen LogP contribution in [0.3, 0.4) is 0 Å². The zero-order valence-corrected chi connectivity index (χ0v) is 13.4. The van der Waals surface area contributed by atoms with Crippen molar-refractivity contribution in [2.45, 2.75) is 25.4 Å². The highest BCUT2D eigenvalue weighted by Gasteiger charge is 2.31. The first-order valence-corrected chi connectivity index (χ1v) is 7.71. The second-order valence-electron chi connectivity index (χ2n) is 5.81. The third-order valence-corrected chi connectivity index (χ3v) is 4.06. The molecule has 1 aliphatic rings. The van der Waals surface area contributed by atoms with Gasteiger partial charge in [-0.1, -0.05) is 0 Å². The minimum atomic E-state index is -4.44. The molecule has 3 rings (SSSR count). The minimum Gasteiger partial charge on any atom is -0.342 e. The Morgan fingerprint density at radius 3 is 2.72 bits per heavy atom. The summed E-state index contributed by atoms with van der Waals surface area (Å²) in [6, 6.07) is 3.56. The van der Waals surface area contributed by atoms with Gasteiger partial charge in [-0.3, -0.25) is 4.79 Å². The summed E-state index contributed by atoms with van der Waals surface area (Å²) < 4.78 is 38.3. The number of pyridine rings is 1. The molecule has 1 aliphatic heterocycles. The largest absolute Gasteiger partial charge is 0.416 e. The predicted octanol–water partition coefficient (Wildman–Crippen LogP) is 2.97. The number of anilines is 2. The van der Waals surface area contributed by atoms with Gasteiger partial charge in [0.1, 0.15) is 5.82 Å². The van der Waals surface area contributed by atoms with Gasteiger partial charge >= 0.3 is 6.18 Å². The van der Waals surface area contributed by atoms with Crippen molar-refractivity contribution in [3.8, 4) is 0 Å². The third-order valence-electron chi connectivity index (χ3n) is 4.06. The molecular formula is C16H16F3N5O. The molecular weight excluding hydrogens is 335 g/mol. The number of amides is 1. The molecule has 0 bridgehead atoms. The van der Waals surface area contributed by atoms with Crippen molar-refractivity contribution < 1.29 is 18.0 Å². The molecule has 2 aromatic rings. The summed E-state index contributed by atoms with van der Waals surface area (Å²) in [6.07, 6.45) is -1.04. The summed E-state index contributed by atoms with van der Waals surface area (Å²) in [5.41, 5.74) is -0.0535. The van der Waals surface area contributed by atoms with Crippen LogP contribution < -0.4 is 5.32 Å². The van der Waals surface area contributed by atoms with Gasteiger partial charge < -0.3 is 10.2 Å². The fourth-order valence-corrected chi connectivity index (χ4v) is 2.74. The Balaban J connectivity index is 1.76. The fraction of sp³-hybridized carbons (Fsp3) is 0.375. The van der Waals surface area contributed by atoms with Gasteiger partial charge in [-0.05, 0) is 24.6 Å². The van der Waals surface area contributed by atoms with Gasteiger partial charge in [0.05, 0.1) is 11.3 Å². The van der Waals surface area contributed by atoms with E-state index in [2.05, 4.69) is 20.3 Å². The zero-order chi connectivity index (χ0) is 18.0. The van der Waals surface area contributed by atoms with Crippen molar-refractivity contribution in [3.63, 3.8) is 0 Å². The van der Waals surface area contributed by atoms with Crippen LogP contribution in [0.25, 0.3) is 0 Å². The highest BCUT2D eigenvalue weighted by Crippen LogP contribution is 2.30. The van der Waals surface area contributed by atoms with E-state index >= 15 is 0 Å². The first-order valence-electron chi connectivity index (χ1n) is 7.71. The number of likely N-dealkylation sites (tertiary alicyclic amines) is 1. The van der Waals surface area contributed by atoms with E-state index in [4.69, 9.17) is 0 Å². The number of rotatable bonds is 3. The number of hydrogen-bond acceptors (Lipinski definition) is 5. The Hall–Kier alpha value is -2.71. The number of nitrogens with zero attached hydrogens (tertiary/aromatic N) is 4. The van der Waals surface area contributed by atoms with E-state index in [0.29, 0.717) is 13.1 Å². The normalized spacial score (nSPS) is 17.6. The van der Waals surface area contributed by atoms with Gasteiger partial charge in [0.15, 0.2) is 0 Å². The van der Waals surface area contributed by atoms with Crippen LogP contribution in [0.15, 0.2) is 30.6 Å². The molecule has 3 heterocycles. The highest BCUT2D eigenvalue weighted by atomic mass is 19.4. The molecule has 1 N–H and O–H groups in total. The van der Waals surface area contributed by atoms with Crippen LogP contribution in [0, 0.1) is 0 Å². The Kier molecular flexibility index (Phi) is 4.56. The topological polar surface area (TPSA) is 71.0 Å². The van der Waals surface area contributed by atoms with Gasteiger partial charge in [-0.15, -0.1) is 0 Å². The van der Waals surface area contributed by atoms with E-state index in [0.717, 1.165) is 30.4 Å². The lowest BCUT2D eigenvalue weighted by Crippen LogP contribution is -2.25. The Morgan fingerprint density at radius 2 is 2.04 bits per heavy atom. The standard InChI is InChI=1S/C16H16F3N5O/c1-10(25)24-7-4-11(9-24)13-3-6-21-15(22-13)23-14-8-12(2-5-20-14)16(17,18)19/h2-3,5-6,8,11H,4,7,9H2,1H3,(H,20,21,22,23). The molecule has 0 aromatic carbocycles. The summed E-state index contributed by atoms with van der Waals surface area (Å²) in [5.74, 6) is 0.291. The number of halogens is 3. The Morgan fingerprint density at radius 1 is 1.28 bits per heavy atom. The summed E-state index contributed by atoms with van der Waals surface area (Å²) in [4.78, 5) is 25.4. The third kappa shape index (κ3) is 4.04. The van der Waals surface area contributed by atoms with E-state index < -0.39 is 11.7 Å². The van der Waals surface area contributed by atoms with E-state index in [1.807, 2.05) is 0 Å². The lowest BCUT2D eigenvalue weighted by molar-refractivity contribution is -0.137. The van der Waals surface area contributed by atoms with Crippen molar-refractivity contribution in [2.75, 3.05) is 18.4 Å². The minimum absolute atomic E-state index is 0.0167. The van der Waals surface area contributed by atoms with Crippen LogP contribution in [-0.4, -0.2) is 38.8 Å². The van der Waals surface area contributed by atoms with Crippen LogP contribution >= 0.6 is 0 Å². The molecule has 1 saturated heterocycles. The van der Waals surface area contributed by atoms with Crippen molar-refractivity contribution in [1.29, 1.82) is 0 Å². The molecule has 1 fully saturated rings. The number of carbonyl (C=O) groups excluding carboxylic acids is 1. The van der Waals surface area contributed by atoms with Gasteiger partial charge in [-0.2, -0.15) is 13.2 Å². The maximum atomic E-state index is 12.8. The van der Waals surface area contributed by atoms with Gasteiger partial charge in [0.25, 0.3) is 0 Å². The number of nitrogens with one attached hydrogen (secondary N) is 1. The van der Waals surface area contributed by atoms with Crippen molar-refractivity contribution >= 4 is 17.7 Å². The monoisotopic (exact) mass is 351 g/mol. The van der Waals surface area contributed by atoms with Gasteiger partial charge in [0.2, 0.25) is 11.9 Å². The quantitative estimate of drug-likeness (QED) is 0.921. The number of aromatic nitrogens is 3. The average molecular weight is 351 g/mol. The summed E-state index contributed by atoms with van der Waals surface area (Å²) in [5, 5.41) is 2.70. The zero-order valence-electron chi connectivity index (χ0n) is 13.4. The van der Waals surface area contributed by atoms with Crippen LogP contribution in [0.1, 0.15) is 30.5 Å². The SMILES string of the molecule is CC(=O)N1CCC(c2ccnc(Nc3cc(C(F)(F)F)ccn3)n2)C1. The van der Waals surface area contributed by atoms with Crippen molar-refractivity contribution in [2.24, 2.45) is 0 Å². The lowest BCUT2D eigenvalue weighted by Gasteiger charge is -2.14. The molecule has 6 nitrogen and oxygen atoms in total. The van der Waals surface area contributed by atoms with E-state index in [1.54, 1.807) is 11.0 Å². The molecule has 25 heavy (non-hydrogen) atoms. The molecule has 2 aromatic heterocycles. The second-order valence-corrected chi connectivity index (χ2v) is 5.81. The smallest absolute Gasteiger partial charge is 0.342 e. The summed E-state index contributed by atoms with van der Waals surface area (Å²) in [7, 11) is 0. The Bertz CT molecular complexity index is 780. The molecule has 0 spiro atoms. The summed E-state index contributed by atoms with van der Waals surface area (Å²) in [6.45, 7) is 2.77. The molecule has 0 aliphatic carbocycles. The number of hydrogen-bond donors (Lipinski definition) is 1. The van der Waals surface area contributed by atoms with Crippen LogP contribution in [0.5, 0.6) is 0 Å². The summed E-state index contributed by atoms with van der Waals surface area (Å²) >= 11 is 0. The maximum absolute atomic E-state index is 12.8. The van der Waals surface area contributed by atoms with E-state index in [9.17, 15) is 18.0 Å². The van der Waals surface area contributed by atoms with Crippen molar-refractivity contribution in [1.82, 2.24) is 19.9 Å². The van der Waals surface area contributed by atoms with Crippen LogP contribution in [-0.2, 0) is 11.0 Å². The number of carbonyl (C=O) groups is 1. The number of alkyl halides is 3. The first kappa shape index (κ1) is 17.1. The molecule has 1 amide bonds. The molecule has 9 heteroatoms. The second kappa shape index (κ2) is 6.66. The molecule has 0 saturated carbocycles. The predicted molar refractivity (Wildman–Crippen MR) is 84.2 cm³/mol. The average Bonchev–Trinajstić information content (AvgIpc) is 3.05. The van der Waals surface area contributed by atoms with Crippen LogP contribution in [0.4, 0.5) is 24.9 Å². The Labute approximate surface area is 142 Å². The molecule has 1 unspecified atom stereocenters. The highest BCUT2D eigenvalue weighted by molar-refractivity contribution is 5.73. The first-order chi connectivity index (χ1) is 11.8. The molecule has 0 radical (unpaired) electrons. The maximum Gasteiger partial charge on any atom is 0.416 e. The van der Waals surface area contributed by atoms with E-state index in [1.165, 1.54) is 13.1 Å². The molecule has 1 atom stereocenters. The van der Waals surface area contributed by atoms with Crippen LogP contribution in [0.2, 0.25) is 0 Å². The van der Waals surface area contributed by atoms with E-state index in [-0.39, 0.29) is 23.6 Å². The molecule has 132 valence electrons. The van der Waals surface area contributed by atoms with Gasteiger partial charge in [-0.25, -0.2) is 15.0 Å². The fourth-order valence-electron chi connectivity index (χ4n) is 2.74. The van der Waals surface area contributed by atoms with Crippen molar-refractivity contribution in [3.05, 3.63) is 41.9 Å². The lowest BCUT2D eigenvalue weighted by atomic mass is 10.1.